The molecule has 1 atom stereocenters. The number of rotatable bonds is 7. The maximum absolute atomic E-state index is 10.3. The summed E-state index contributed by atoms with van der Waals surface area (Å²) in [6.07, 6.45) is 2.24. The number of nitrogens with one attached hydrogen (secondary N) is 2. The third-order valence-corrected chi connectivity index (χ3v) is 3.37. The van der Waals surface area contributed by atoms with Crippen molar-refractivity contribution in [3.05, 3.63) is 10.8 Å². The maximum atomic E-state index is 10.3. The number of hydrogen-bond acceptors (Lipinski definition) is 5. The maximum Gasteiger partial charge on any atom is 0.146 e. The van der Waals surface area contributed by atoms with Gasteiger partial charge in [-0.3, -0.25) is 0 Å². The Morgan fingerprint density at radius 2 is 1.89 bits per heavy atom. The molecule has 0 bridgehead atoms. The summed E-state index contributed by atoms with van der Waals surface area (Å²) in [6, 6.07) is 0. The minimum Gasteiger partial charge on any atom is -0.388 e. The summed E-state index contributed by atoms with van der Waals surface area (Å²) in [5.74, 6) is 1.89. The highest BCUT2D eigenvalue weighted by Crippen LogP contribution is 2.27. The second kappa shape index (κ2) is 7.05. The van der Waals surface area contributed by atoms with Crippen molar-refractivity contribution in [2.45, 2.75) is 39.7 Å². The molecule has 0 saturated heterocycles. The molecule has 6 heteroatoms. The van der Waals surface area contributed by atoms with Gasteiger partial charge in [0.25, 0.3) is 0 Å². The van der Waals surface area contributed by atoms with Crippen LogP contribution in [-0.2, 0) is 0 Å². The van der Waals surface area contributed by atoms with Crippen LogP contribution in [0, 0.1) is 5.92 Å². The topological polar surface area (TPSA) is 70.1 Å². The molecule has 0 aliphatic rings. The number of halogens is 1. The lowest BCUT2D eigenvalue weighted by atomic mass is 9.94. The molecule has 0 amide bonds. The molecule has 0 fully saturated rings. The van der Waals surface area contributed by atoms with E-state index in [9.17, 15) is 5.11 Å². The zero-order valence-corrected chi connectivity index (χ0v) is 13.6. The van der Waals surface area contributed by atoms with Crippen LogP contribution in [0.4, 0.5) is 11.6 Å². The van der Waals surface area contributed by atoms with E-state index in [-0.39, 0.29) is 0 Å². The summed E-state index contributed by atoms with van der Waals surface area (Å²) in [4.78, 5) is 8.33. The predicted octanol–water partition coefficient (Wildman–Crippen LogP) is 2.88. The lowest BCUT2D eigenvalue weighted by Gasteiger charge is -2.26. The third kappa shape index (κ3) is 5.32. The van der Waals surface area contributed by atoms with Gasteiger partial charge in [-0.2, -0.15) is 0 Å². The van der Waals surface area contributed by atoms with Crippen LogP contribution >= 0.6 is 15.9 Å². The molecule has 1 unspecified atom stereocenters. The summed E-state index contributed by atoms with van der Waals surface area (Å²) < 4.78 is 0.789. The fourth-order valence-electron chi connectivity index (χ4n) is 2.01. The Morgan fingerprint density at radius 1 is 1.32 bits per heavy atom. The lowest BCUT2D eigenvalue weighted by Crippen LogP contribution is -2.35. The van der Waals surface area contributed by atoms with E-state index in [1.165, 1.54) is 6.33 Å². The van der Waals surface area contributed by atoms with Gasteiger partial charge in [-0.05, 0) is 42.1 Å². The molecule has 1 aromatic rings. The van der Waals surface area contributed by atoms with Crippen LogP contribution in [0.25, 0.3) is 0 Å². The van der Waals surface area contributed by atoms with E-state index in [2.05, 4.69) is 50.4 Å². The molecule has 1 heterocycles. The van der Waals surface area contributed by atoms with Crippen LogP contribution in [0.3, 0.4) is 0 Å². The second-order valence-electron chi connectivity index (χ2n) is 5.36. The van der Waals surface area contributed by atoms with Crippen LogP contribution in [0.2, 0.25) is 0 Å². The highest BCUT2D eigenvalue weighted by Gasteiger charge is 2.22. The number of anilines is 2. The van der Waals surface area contributed by atoms with Crippen molar-refractivity contribution in [1.82, 2.24) is 9.97 Å². The minimum absolute atomic E-state index is 0.447. The first-order valence-corrected chi connectivity index (χ1v) is 7.35. The van der Waals surface area contributed by atoms with Gasteiger partial charge in [0, 0.05) is 13.1 Å². The Bertz CT molecular complexity index is 410. The van der Waals surface area contributed by atoms with Gasteiger partial charge in [-0.25, -0.2) is 9.97 Å². The van der Waals surface area contributed by atoms with Gasteiger partial charge in [0.05, 0.1) is 5.60 Å². The molecule has 0 saturated carbocycles. The van der Waals surface area contributed by atoms with Gasteiger partial charge in [-0.15, -0.1) is 0 Å². The molecule has 0 aromatic carbocycles. The van der Waals surface area contributed by atoms with Crippen molar-refractivity contribution in [3.63, 3.8) is 0 Å². The fraction of sp³-hybridized carbons (Fsp3) is 0.692. The number of nitrogens with zero attached hydrogens (tertiary/aromatic N) is 2. The summed E-state index contributed by atoms with van der Waals surface area (Å²) in [7, 11) is 0. The zero-order valence-electron chi connectivity index (χ0n) is 12.0. The Kier molecular flexibility index (Phi) is 6.00. The molecular formula is C13H23BrN4O. The van der Waals surface area contributed by atoms with E-state index in [4.69, 9.17) is 0 Å². The van der Waals surface area contributed by atoms with Crippen LogP contribution in [0.5, 0.6) is 0 Å². The average Bonchev–Trinajstić information content (AvgIpc) is 2.29. The number of aromatic nitrogens is 2. The monoisotopic (exact) mass is 330 g/mol. The molecule has 1 rings (SSSR count). The zero-order chi connectivity index (χ0) is 14.5. The lowest BCUT2D eigenvalue weighted by molar-refractivity contribution is 0.0514. The third-order valence-electron chi connectivity index (χ3n) is 2.62. The first-order chi connectivity index (χ1) is 8.85. The van der Waals surface area contributed by atoms with Crippen molar-refractivity contribution < 1.29 is 5.11 Å². The Labute approximate surface area is 123 Å². The molecule has 0 radical (unpaired) electrons. The van der Waals surface area contributed by atoms with Gasteiger partial charge in [0.1, 0.15) is 22.4 Å². The standard InChI is InChI=1S/C13H23BrN4O/c1-5-15-11-10(14)12(18-8-17-11)16-7-13(4,19)6-9(2)3/h8-9,19H,5-7H2,1-4H3,(H2,15,16,17,18). The minimum atomic E-state index is -0.753. The van der Waals surface area contributed by atoms with Crippen molar-refractivity contribution in [2.75, 3.05) is 23.7 Å². The summed E-state index contributed by atoms with van der Waals surface area (Å²) in [6.45, 7) is 9.28. The quantitative estimate of drug-likeness (QED) is 0.717. The van der Waals surface area contributed by atoms with E-state index >= 15 is 0 Å². The smallest absolute Gasteiger partial charge is 0.146 e. The second-order valence-corrected chi connectivity index (χ2v) is 6.16. The molecule has 1 aromatic heterocycles. The van der Waals surface area contributed by atoms with Crippen LogP contribution in [0.15, 0.2) is 10.8 Å². The van der Waals surface area contributed by atoms with E-state index in [0.717, 1.165) is 23.3 Å². The molecule has 0 aliphatic carbocycles. The summed E-state index contributed by atoms with van der Waals surface area (Å²) in [5, 5.41) is 16.6. The van der Waals surface area contributed by atoms with Gasteiger partial charge in [-0.1, -0.05) is 13.8 Å². The van der Waals surface area contributed by atoms with Crippen molar-refractivity contribution in [3.8, 4) is 0 Å². The normalized spacial score (nSPS) is 14.3. The Morgan fingerprint density at radius 3 is 2.42 bits per heavy atom. The fourth-order valence-corrected chi connectivity index (χ4v) is 2.49. The molecular weight excluding hydrogens is 308 g/mol. The summed E-state index contributed by atoms with van der Waals surface area (Å²) in [5.41, 5.74) is -0.753. The highest BCUT2D eigenvalue weighted by atomic mass is 79.9. The first-order valence-electron chi connectivity index (χ1n) is 6.56. The van der Waals surface area contributed by atoms with Gasteiger partial charge in [0.15, 0.2) is 0 Å². The SMILES string of the molecule is CCNc1ncnc(NCC(C)(O)CC(C)C)c1Br. The Hall–Kier alpha value is -0.880. The van der Waals surface area contributed by atoms with Gasteiger partial charge < -0.3 is 15.7 Å². The van der Waals surface area contributed by atoms with Gasteiger partial charge in [0.2, 0.25) is 0 Å². The van der Waals surface area contributed by atoms with Crippen molar-refractivity contribution in [1.29, 1.82) is 0 Å². The molecule has 108 valence electrons. The first kappa shape index (κ1) is 16.2. The van der Waals surface area contributed by atoms with Crippen molar-refractivity contribution in [2.24, 2.45) is 5.92 Å². The van der Waals surface area contributed by atoms with Crippen molar-refractivity contribution >= 4 is 27.6 Å². The largest absolute Gasteiger partial charge is 0.388 e. The van der Waals surface area contributed by atoms with Gasteiger partial charge >= 0.3 is 0 Å². The average molecular weight is 331 g/mol. The Balaban J connectivity index is 2.70. The number of aliphatic hydroxyl groups is 1. The molecule has 5 nitrogen and oxygen atoms in total. The molecule has 3 N–H and O–H groups in total. The van der Waals surface area contributed by atoms with E-state index < -0.39 is 5.60 Å². The van der Waals surface area contributed by atoms with E-state index in [1.807, 2.05) is 13.8 Å². The highest BCUT2D eigenvalue weighted by molar-refractivity contribution is 9.10. The predicted molar refractivity (Wildman–Crippen MR) is 82.5 cm³/mol. The molecule has 19 heavy (non-hydrogen) atoms. The molecule has 0 aliphatic heterocycles. The van der Waals surface area contributed by atoms with E-state index in [1.54, 1.807) is 0 Å². The van der Waals surface area contributed by atoms with Crippen LogP contribution in [-0.4, -0.2) is 33.8 Å². The van der Waals surface area contributed by atoms with Crippen LogP contribution < -0.4 is 10.6 Å². The summed E-state index contributed by atoms with van der Waals surface area (Å²) >= 11 is 3.47. The van der Waals surface area contributed by atoms with E-state index in [0.29, 0.717) is 18.3 Å². The van der Waals surface area contributed by atoms with Crippen LogP contribution in [0.1, 0.15) is 34.1 Å². The number of hydrogen-bond donors (Lipinski definition) is 3. The molecule has 0 spiro atoms.